The molecule has 0 amide bonds. The Hall–Kier alpha value is -1.64. The molecule has 0 spiro atoms. The van der Waals surface area contributed by atoms with E-state index >= 15 is 0 Å². The van der Waals surface area contributed by atoms with Gasteiger partial charge in [0.2, 0.25) is 0 Å². The highest BCUT2D eigenvalue weighted by Gasteiger charge is 1.94. The van der Waals surface area contributed by atoms with Crippen LogP contribution in [0.1, 0.15) is 0 Å². The van der Waals surface area contributed by atoms with Gasteiger partial charge in [-0.2, -0.15) is 0 Å². The Morgan fingerprint density at radius 3 is 3.00 bits per heavy atom. The van der Waals surface area contributed by atoms with Crippen LogP contribution in [0.3, 0.4) is 0 Å². The molecule has 0 aromatic carbocycles. The lowest BCUT2D eigenvalue weighted by Gasteiger charge is -1.99. The van der Waals surface area contributed by atoms with Crippen LogP contribution in [-0.4, -0.2) is 17.0 Å². The molecule has 2 aromatic rings. The Kier molecular flexibility index (Phi) is 1.63. The molecule has 12 heavy (non-hydrogen) atoms. The summed E-state index contributed by atoms with van der Waals surface area (Å²) in [5.74, 6) is 0.848. The highest BCUT2D eigenvalue weighted by molar-refractivity contribution is 5.75. The van der Waals surface area contributed by atoms with Crippen LogP contribution in [-0.2, 0) is 0 Å². The summed E-state index contributed by atoms with van der Waals surface area (Å²) in [6.45, 7) is 0. The Bertz CT molecular complexity index is 398. The van der Waals surface area contributed by atoms with Gasteiger partial charge < -0.3 is 5.32 Å². The number of rotatable bonds is 1. The highest BCUT2D eigenvalue weighted by Crippen LogP contribution is 2.11. The van der Waals surface area contributed by atoms with Crippen molar-refractivity contribution in [1.82, 2.24) is 9.97 Å². The van der Waals surface area contributed by atoms with Crippen LogP contribution >= 0.6 is 0 Å². The lowest BCUT2D eigenvalue weighted by atomic mass is 10.3. The zero-order valence-electron chi connectivity index (χ0n) is 6.78. The summed E-state index contributed by atoms with van der Waals surface area (Å²) >= 11 is 0. The van der Waals surface area contributed by atoms with Gasteiger partial charge in [-0.1, -0.05) is 0 Å². The van der Waals surface area contributed by atoms with Crippen LogP contribution in [0.5, 0.6) is 0 Å². The quantitative estimate of drug-likeness (QED) is 0.687. The summed E-state index contributed by atoms with van der Waals surface area (Å²) in [4.78, 5) is 8.41. The fourth-order valence-corrected chi connectivity index (χ4v) is 1.09. The average molecular weight is 159 g/mol. The fraction of sp³-hybridized carbons (Fsp3) is 0.111. The van der Waals surface area contributed by atoms with Gasteiger partial charge in [0.05, 0.1) is 0 Å². The van der Waals surface area contributed by atoms with Gasteiger partial charge in [0.1, 0.15) is 5.82 Å². The Morgan fingerprint density at radius 2 is 2.17 bits per heavy atom. The van der Waals surface area contributed by atoms with E-state index in [0.717, 1.165) is 16.9 Å². The molecule has 0 saturated carbocycles. The third kappa shape index (κ3) is 1.09. The first-order chi connectivity index (χ1) is 5.90. The molecule has 0 bridgehead atoms. The van der Waals surface area contributed by atoms with E-state index in [0.29, 0.717) is 0 Å². The second kappa shape index (κ2) is 2.77. The minimum absolute atomic E-state index is 0.782. The van der Waals surface area contributed by atoms with E-state index in [4.69, 9.17) is 0 Å². The van der Waals surface area contributed by atoms with E-state index in [-0.39, 0.29) is 0 Å². The zero-order chi connectivity index (χ0) is 8.39. The van der Waals surface area contributed by atoms with E-state index < -0.39 is 0 Å². The van der Waals surface area contributed by atoms with Crippen molar-refractivity contribution in [3.63, 3.8) is 0 Å². The number of aromatic nitrogens is 2. The minimum Gasteiger partial charge on any atom is -0.373 e. The van der Waals surface area contributed by atoms with Gasteiger partial charge in [0.15, 0.2) is 5.65 Å². The summed E-state index contributed by atoms with van der Waals surface area (Å²) in [5.41, 5.74) is 0.782. The molecule has 0 aliphatic rings. The predicted octanol–water partition coefficient (Wildman–Crippen LogP) is 1.67. The van der Waals surface area contributed by atoms with Crippen molar-refractivity contribution in [3.05, 3.63) is 30.5 Å². The van der Waals surface area contributed by atoms with Crippen molar-refractivity contribution in [3.8, 4) is 0 Å². The minimum atomic E-state index is 0.782. The number of pyridine rings is 2. The summed E-state index contributed by atoms with van der Waals surface area (Å²) < 4.78 is 0. The van der Waals surface area contributed by atoms with Crippen LogP contribution < -0.4 is 5.32 Å². The topological polar surface area (TPSA) is 37.8 Å². The maximum Gasteiger partial charge on any atom is 0.161 e. The molecule has 0 atom stereocenters. The SMILES string of the molecule is CNc1ccc2cccnc2n1. The first kappa shape index (κ1) is 7.03. The van der Waals surface area contributed by atoms with Crippen LogP contribution in [0.25, 0.3) is 11.0 Å². The van der Waals surface area contributed by atoms with Crippen LogP contribution in [0.15, 0.2) is 30.5 Å². The van der Waals surface area contributed by atoms with E-state index in [9.17, 15) is 0 Å². The molecule has 0 unspecified atom stereocenters. The fourth-order valence-electron chi connectivity index (χ4n) is 1.09. The summed E-state index contributed by atoms with van der Waals surface area (Å²) in [6, 6.07) is 7.84. The molecule has 60 valence electrons. The third-order valence-corrected chi connectivity index (χ3v) is 1.72. The summed E-state index contributed by atoms with van der Waals surface area (Å²) in [7, 11) is 1.84. The molecule has 0 saturated heterocycles. The molecular weight excluding hydrogens is 150 g/mol. The van der Waals surface area contributed by atoms with Gasteiger partial charge in [0, 0.05) is 18.6 Å². The van der Waals surface area contributed by atoms with E-state index in [1.165, 1.54) is 0 Å². The smallest absolute Gasteiger partial charge is 0.161 e. The Labute approximate surface area is 70.5 Å². The summed E-state index contributed by atoms with van der Waals surface area (Å²) in [5, 5.41) is 4.03. The molecule has 3 heteroatoms. The normalized spacial score (nSPS) is 10.1. The number of fused-ring (bicyclic) bond motifs is 1. The molecule has 0 radical (unpaired) electrons. The highest BCUT2D eigenvalue weighted by atomic mass is 15.0. The van der Waals surface area contributed by atoms with E-state index in [1.807, 2.05) is 31.3 Å². The Morgan fingerprint density at radius 1 is 1.25 bits per heavy atom. The first-order valence-electron chi connectivity index (χ1n) is 3.80. The second-order valence-electron chi connectivity index (χ2n) is 2.50. The second-order valence-corrected chi connectivity index (χ2v) is 2.50. The predicted molar refractivity (Wildman–Crippen MR) is 49.1 cm³/mol. The van der Waals surface area contributed by atoms with Crippen molar-refractivity contribution in [2.24, 2.45) is 0 Å². The molecule has 3 nitrogen and oxygen atoms in total. The largest absolute Gasteiger partial charge is 0.373 e. The third-order valence-electron chi connectivity index (χ3n) is 1.72. The maximum atomic E-state index is 4.27. The van der Waals surface area contributed by atoms with Gasteiger partial charge in [-0.3, -0.25) is 0 Å². The lowest BCUT2D eigenvalue weighted by molar-refractivity contribution is 1.27. The van der Waals surface area contributed by atoms with Crippen molar-refractivity contribution in [1.29, 1.82) is 0 Å². The van der Waals surface area contributed by atoms with Gasteiger partial charge in [-0.15, -0.1) is 0 Å². The molecule has 0 aliphatic heterocycles. The van der Waals surface area contributed by atoms with Crippen molar-refractivity contribution >= 4 is 16.9 Å². The number of hydrogen-bond donors (Lipinski definition) is 1. The van der Waals surface area contributed by atoms with E-state index in [1.54, 1.807) is 6.20 Å². The molecular formula is C9H9N3. The molecule has 0 aliphatic carbocycles. The molecule has 2 heterocycles. The summed E-state index contributed by atoms with van der Waals surface area (Å²) in [6.07, 6.45) is 1.74. The maximum absolute atomic E-state index is 4.27. The van der Waals surface area contributed by atoms with E-state index in [2.05, 4.69) is 15.3 Å². The van der Waals surface area contributed by atoms with Gasteiger partial charge in [-0.25, -0.2) is 9.97 Å². The van der Waals surface area contributed by atoms with Gasteiger partial charge in [-0.05, 0) is 24.3 Å². The van der Waals surface area contributed by atoms with Crippen molar-refractivity contribution in [2.75, 3.05) is 12.4 Å². The van der Waals surface area contributed by atoms with Gasteiger partial charge in [0.25, 0.3) is 0 Å². The standard InChI is InChI=1S/C9H9N3/c1-10-8-5-4-7-3-2-6-11-9(7)12-8/h2-6H,1H3,(H,10,11,12). The Balaban J connectivity index is 2.67. The average Bonchev–Trinajstić information content (AvgIpc) is 2.17. The monoisotopic (exact) mass is 159 g/mol. The number of hydrogen-bond acceptors (Lipinski definition) is 3. The zero-order valence-corrected chi connectivity index (χ0v) is 6.78. The van der Waals surface area contributed by atoms with Crippen LogP contribution in [0.2, 0.25) is 0 Å². The molecule has 2 rings (SSSR count). The lowest BCUT2D eigenvalue weighted by Crippen LogP contribution is -1.92. The number of anilines is 1. The molecule has 1 N–H and O–H groups in total. The molecule has 0 fully saturated rings. The van der Waals surface area contributed by atoms with Crippen molar-refractivity contribution in [2.45, 2.75) is 0 Å². The van der Waals surface area contributed by atoms with Crippen LogP contribution in [0, 0.1) is 0 Å². The van der Waals surface area contributed by atoms with Crippen molar-refractivity contribution < 1.29 is 0 Å². The number of nitrogens with one attached hydrogen (secondary N) is 1. The number of nitrogens with zero attached hydrogens (tertiary/aromatic N) is 2. The first-order valence-corrected chi connectivity index (χ1v) is 3.80. The molecule has 2 aromatic heterocycles. The van der Waals surface area contributed by atoms with Crippen LogP contribution in [0.4, 0.5) is 5.82 Å². The van der Waals surface area contributed by atoms with Gasteiger partial charge >= 0.3 is 0 Å².